The maximum Gasteiger partial charge on any atom is 0.251 e. The van der Waals surface area contributed by atoms with Gasteiger partial charge in [-0.2, -0.15) is 0 Å². The molecular formula is C12H17ClN2O. The van der Waals surface area contributed by atoms with Gasteiger partial charge in [0, 0.05) is 25.7 Å². The summed E-state index contributed by atoms with van der Waals surface area (Å²) in [7, 11) is 1.61. The number of benzene rings is 1. The third-order valence-electron chi connectivity index (χ3n) is 2.54. The Morgan fingerprint density at radius 2 is 2.00 bits per heavy atom. The van der Waals surface area contributed by atoms with Crippen LogP contribution in [0.1, 0.15) is 24.2 Å². The Kier molecular flexibility index (Phi) is 4.62. The summed E-state index contributed by atoms with van der Waals surface area (Å²) in [5.41, 5.74) is 1.56. The maximum atomic E-state index is 11.4. The van der Waals surface area contributed by atoms with E-state index in [-0.39, 0.29) is 5.91 Å². The minimum absolute atomic E-state index is 0.118. The Hall–Kier alpha value is -1.22. The van der Waals surface area contributed by atoms with Crippen molar-refractivity contribution in [3.05, 3.63) is 28.8 Å². The lowest BCUT2D eigenvalue weighted by Gasteiger charge is -2.22. The second-order valence-electron chi connectivity index (χ2n) is 3.42. The van der Waals surface area contributed by atoms with Crippen molar-refractivity contribution in [1.29, 1.82) is 0 Å². The molecule has 1 aromatic rings. The molecule has 0 atom stereocenters. The van der Waals surface area contributed by atoms with Crippen molar-refractivity contribution in [3.8, 4) is 0 Å². The molecule has 0 unspecified atom stereocenters. The van der Waals surface area contributed by atoms with E-state index >= 15 is 0 Å². The van der Waals surface area contributed by atoms with Gasteiger partial charge in [-0.25, -0.2) is 0 Å². The number of nitrogens with zero attached hydrogens (tertiary/aromatic N) is 1. The Bertz CT molecular complexity index is 375. The topological polar surface area (TPSA) is 32.3 Å². The summed E-state index contributed by atoms with van der Waals surface area (Å²) in [4.78, 5) is 13.6. The van der Waals surface area contributed by atoms with E-state index in [1.165, 1.54) is 0 Å². The summed E-state index contributed by atoms with van der Waals surface area (Å²) in [6.07, 6.45) is 0. The summed E-state index contributed by atoms with van der Waals surface area (Å²) < 4.78 is 0. The molecular weight excluding hydrogens is 224 g/mol. The van der Waals surface area contributed by atoms with Crippen LogP contribution in [0.2, 0.25) is 5.02 Å². The van der Waals surface area contributed by atoms with E-state index in [9.17, 15) is 4.79 Å². The molecule has 0 aliphatic rings. The van der Waals surface area contributed by atoms with Gasteiger partial charge in [-0.05, 0) is 32.0 Å². The quantitative estimate of drug-likeness (QED) is 0.877. The van der Waals surface area contributed by atoms with E-state index < -0.39 is 0 Å². The Balaban J connectivity index is 3.04. The van der Waals surface area contributed by atoms with Gasteiger partial charge in [-0.3, -0.25) is 4.79 Å². The molecule has 0 heterocycles. The highest BCUT2D eigenvalue weighted by molar-refractivity contribution is 6.33. The lowest BCUT2D eigenvalue weighted by molar-refractivity contribution is 0.0963. The smallest absolute Gasteiger partial charge is 0.251 e. The van der Waals surface area contributed by atoms with E-state index in [0.29, 0.717) is 10.6 Å². The summed E-state index contributed by atoms with van der Waals surface area (Å²) >= 11 is 6.16. The van der Waals surface area contributed by atoms with Crippen molar-refractivity contribution < 1.29 is 4.79 Å². The highest BCUT2D eigenvalue weighted by atomic mass is 35.5. The Morgan fingerprint density at radius 1 is 1.38 bits per heavy atom. The first-order valence-electron chi connectivity index (χ1n) is 5.40. The van der Waals surface area contributed by atoms with E-state index in [1.54, 1.807) is 19.2 Å². The zero-order valence-electron chi connectivity index (χ0n) is 9.88. The molecule has 0 fully saturated rings. The molecule has 0 saturated heterocycles. The number of rotatable bonds is 4. The molecule has 0 radical (unpaired) electrons. The number of halogens is 1. The Morgan fingerprint density at radius 3 is 2.44 bits per heavy atom. The minimum atomic E-state index is -0.118. The minimum Gasteiger partial charge on any atom is -0.371 e. The van der Waals surface area contributed by atoms with E-state index in [0.717, 1.165) is 18.8 Å². The van der Waals surface area contributed by atoms with E-state index in [4.69, 9.17) is 11.6 Å². The van der Waals surface area contributed by atoms with Crippen LogP contribution in [0.15, 0.2) is 18.2 Å². The first-order valence-corrected chi connectivity index (χ1v) is 5.78. The van der Waals surface area contributed by atoms with Gasteiger partial charge in [-0.1, -0.05) is 11.6 Å². The normalized spacial score (nSPS) is 10.0. The van der Waals surface area contributed by atoms with Crippen LogP contribution >= 0.6 is 11.6 Å². The number of amides is 1. The van der Waals surface area contributed by atoms with Gasteiger partial charge in [0.1, 0.15) is 0 Å². The number of anilines is 1. The third-order valence-corrected chi connectivity index (χ3v) is 2.84. The molecule has 1 aromatic carbocycles. The van der Waals surface area contributed by atoms with Crippen LogP contribution in [-0.4, -0.2) is 26.0 Å². The first kappa shape index (κ1) is 12.8. The van der Waals surface area contributed by atoms with Gasteiger partial charge in [0.15, 0.2) is 0 Å². The molecule has 0 bridgehead atoms. The monoisotopic (exact) mass is 240 g/mol. The second kappa shape index (κ2) is 5.75. The molecule has 0 spiro atoms. The average Bonchev–Trinajstić information content (AvgIpc) is 2.31. The van der Waals surface area contributed by atoms with E-state index in [1.807, 2.05) is 6.07 Å². The van der Waals surface area contributed by atoms with Crippen molar-refractivity contribution in [1.82, 2.24) is 5.32 Å². The highest BCUT2D eigenvalue weighted by Crippen LogP contribution is 2.26. The van der Waals surface area contributed by atoms with Crippen molar-refractivity contribution in [2.45, 2.75) is 13.8 Å². The molecule has 1 amide bonds. The van der Waals surface area contributed by atoms with Crippen molar-refractivity contribution in [2.24, 2.45) is 0 Å². The van der Waals surface area contributed by atoms with Crippen LogP contribution in [0, 0.1) is 0 Å². The average molecular weight is 241 g/mol. The fraction of sp³-hybridized carbons (Fsp3) is 0.417. The zero-order chi connectivity index (χ0) is 12.1. The number of carbonyl (C=O) groups is 1. The second-order valence-corrected chi connectivity index (χ2v) is 3.82. The SMILES string of the molecule is CCN(CC)c1ccc(C(=O)NC)cc1Cl. The lowest BCUT2D eigenvalue weighted by Crippen LogP contribution is -2.23. The summed E-state index contributed by atoms with van der Waals surface area (Å²) in [5, 5.41) is 3.19. The fourth-order valence-corrected chi connectivity index (χ4v) is 1.91. The summed E-state index contributed by atoms with van der Waals surface area (Å²) in [6, 6.07) is 5.38. The van der Waals surface area contributed by atoms with Crippen LogP contribution in [0.4, 0.5) is 5.69 Å². The summed E-state index contributed by atoms with van der Waals surface area (Å²) in [5.74, 6) is -0.118. The van der Waals surface area contributed by atoms with Gasteiger partial charge in [0.25, 0.3) is 5.91 Å². The number of nitrogens with one attached hydrogen (secondary N) is 1. The molecule has 16 heavy (non-hydrogen) atoms. The predicted molar refractivity (Wildman–Crippen MR) is 68.4 cm³/mol. The maximum absolute atomic E-state index is 11.4. The fourth-order valence-electron chi connectivity index (χ4n) is 1.61. The van der Waals surface area contributed by atoms with Crippen molar-refractivity contribution in [3.63, 3.8) is 0 Å². The summed E-state index contributed by atoms with van der Waals surface area (Å²) in [6.45, 7) is 5.95. The van der Waals surface area contributed by atoms with Crippen LogP contribution in [0.25, 0.3) is 0 Å². The molecule has 4 heteroatoms. The molecule has 1 rings (SSSR count). The molecule has 0 saturated carbocycles. The molecule has 0 aliphatic carbocycles. The number of carbonyl (C=O) groups excluding carboxylic acids is 1. The molecule has 0 aromatic heterocycles. The van der Waals surface area contributed by atoms with Gasteiger partial charge in [0.05, 0.1) is 10.7 Å². The first-order chi connectivity index (χ1) is 7.63. The van der Waals surface area contributed by atoms with Crippen LogP contribution in [0.3, 0.4) is 0 Å². The van der Waals surface area contributed by atoms with E-state index in [2.05, 4.69) is 24.1 Å². The number of hydrogen-bond acceptors (Lipinski definition) is 2. The van der Waals surface area contributed by atoms with Gasteiger partial charge in [-0.15, -0.1) is 0 Å². The van der Waals surface area contributed by atoms with Crippen LogP contribution in [-0.2, 0) is 0 Å². The van der Waals surface area contributed by atoms with Gasteiger partial charge in [0.2, 0.25) is 0 Å². The molecule has 0 aliphatic heterocycles. The predicted octanol–water partition coefficient (Wildman–Crippen LogP) is 2.55. The van der Waals surface area contributed by atoms with Gasteiger partial charge >= 0.3 is 0 Å². The van der Waals surface area contributed by atoms with Gasteiger partial charge < -0.3 is 10.2 Å². The van der Waals surface area contributed by atoms with Crippen LogP contribution in [0.5, 0.6) is 0 Å². The third kappa shape index (κ3) is 2.67. The molecule has 3 nitrogen and oxygen atoms in total. The standard InChI is InChI=1S/C12H17ClN2O/c1-4-15(5-2)11-7-6-9(8-10(11)13)12(16)14-3/h6-8H,4-5H2,1-3H3,(H,14,16). The van der Waals surface area contributed by atoms with Crippen molar-refractivity contribution >= 4 is 23.2 Å². The van der Waals surface area contributed by atoms with Crippen LogP contribution < -0.4 is 10.2 Å². The highest BCUT2D eigenvalue weighted by Gasteiger charge is 2.10. The van der Waals surface area contributed by atoms with Crippen molar-refractivity contribution in [2.75, 3.05) is 25.0 Å². The molecule has 1 N–H and O–H groups in total. The zero-order valence-corrected chi connectivity index (χ0v) is 10.6. The largest absolute Gasteiger partial charge is 0.371 e. The Labute approximate surface area is 101 Å². The molecule has 88 valence electrons. The number of hydrogen-bond donors (Lipinski definition) is 1. The lowest BCUT2D eigenvalue weighted by atomic mass is 10.2.